The quantitative estimate of drug-likeness (QED) is 0.0691. The van der Waals surface area contributed by atoms with Crippen LogP contribution in [0.25, 0.3) is 0 Å². The molecule has 0 aromatic heterocycles. The number of carbonyl (C=O) groups is 2. The van der Waals surface area contributed by atoms with Gasteiger partial charge in [0.05, 0.1) is 5.71 Å². The number of aryl methyl sites for hydroxylation is 1. The lowest BCUT2D eigenvalue weighted by molar-refractivity contribution is -0.108. The number of allylic oxidation sites excluding steroid dienone is 2. The zero-order chi connectivity index (χ0) is 30.7. The number of hydrogen-bond acceptors (Lipinski definition) is 6. The molecule has 0 radical (unpaired) electrons. The highest BCUT2D eigenvalue weighted by atomic mass is 16.1. The van der Waals surface area contributed by atoms with Crippen molar-refractivity contribution in [1.29, 1.82) is 5.41 Å². The average molecular weight is 571 g/mol. The first kappa shape index (κ1) is 34.4. The molecule has 226 valence electrons. The third-order valence-corrected chi connectivity index (χ3v) is 7.56. The molecule has 1 unspecified atom stereocenters. The molecule has 0 fully saturated rings. The van der Waals surface area contributed by atoms with Crippen molar-refractivity contribution in [2.75, 3.05) is 13.6 Å². The molecular formula is C36H50N4O2. The van der Waals surface area contributed by atoms with Crippen molar-refractivity contribution < 1.29 is 9.59 Å². The Hall–Kier alpha value is -3.77. The molecule has 0 spiro atoms. The van der Waals surface area contributed by atoms with E-state index in [4.69, 9.17) is 5.41 Å². The molecule has 0 saturated heterocycles. The summed E-state index contributed by atoms with van der Waals surface area (Å²) in [7, 11) is 1.82. The molecule has 0 aliphatic heterocycles. The second kappa shape index (κ2) is 19.4. The van der Waals surface area contributed by atoms with Gasteiger partial charge in [0, 0.05) is 56.0 Å². The normalized spacial score (nSPS) is 11.3. The van der Waals surface area contributed by atoms with Gasteiger partial charge in [0.15, 0.2) is 0 Å². The zero-order valence-corrected chi connectivity index (χ0v) is 25.9. The molecule has 0 saturated carbocycles. The van der Waals surface area contributed by atoms with E-state index < -0.39 is 0 Å². The standard InChI is InChI=1S/C36H50N4O2/c1-27(2)34(36(37)31-16-11-9-12-17-31)23-28(3)39-21-13-8-6-7-10-15-30-19-20-32(26-42)33(24-30)25-40-35(18-14-22-41)29(4)38-5/h9,11-12,16-17,19-20,22,24,26,35,37-40H,3-4,6-8,10,13-15,18,21,23,25H2,1-2,5H3. The molecule has 1 atom stereocenters. The maximum Gasteiger partial charge on any atom is 0.150 e. The molecular weight excluding hydrogens is 520 g/mol. The van der Waals surface area contributed by atoms with Crippen molar-refractivity contribution in [3.63, 3.8) is 0 Å². The summed E-state index contributed by atoms with van der Waals surface area (Å²) in [6.45, 7) is 13.8. The number of hydrogen-bond donors (Lipinski definition) is 4. The first-order valence-electron chi connectivity index (χ1n) is 15.1. The van der Waals surface area contributed by atoms with Crippen molar-refractivity contribution in [2.45, 2.75) is 84.2 Å². The highest BCUT2D eigenvalue weighted by Crippen LogP contribution is 2.19. The van der Waals surface area contributed by atoms with E-state index in [1.165, 1.54) is 12.0 Å². The van der Waals surface area contributed by atoms with Crippen LogP contribution in [0.5, 0.6) is 0 Å². The van der Waals surface area contributed by atoms with Gasteiger partial charge >= 0.3 is 0 Å². The summed E-state index contributed by atoms with van der Waals surface area (Å²) < 4.78 is 0. The van der Waals surface area contributed by atoms with Gasteiger partial charge in [-0.3, -0.25) is 10.2 Å². The van der Waals surface area contributed by atoms with E-state index in [1.54, 1.807) is 0 Å². The summed E-state index contributed by atoms with van der Waals surface area (Å²) in [6.07, 6.45) is 10.3. The van der Waals surface area contributed by atoms with Crippen LogP contribution in [-0.2, 0) is 17.8 Å². The third kappa shape index (κ3) is 12.0. The molecule has 6 nitrogen and oxygen atoms in total. The monoisotopic (exact) mass is 570 g/mol. The van der Waals surface area contributed by atoms with Gasteiger partial charge in [-0.2, -0.15) is 0 Å². The van der Waals surface area contributed by atoms with Crippen molar-refractivity contribution in [3.05, 3.63) is 106 Å². The Balaban J connectivity index is 1.71. The molecule has 0 heterocycles. The van der Waals surface area contributed by atoms with E-state index in [1.807, 2.05) is 43.4 Å². The maximum atomic E-state index is 11.6. The third-order valence-electron chi connectivity index (χ3n) is 7.56. The number of aldehydes is 2. The van der Waals surface area contributed by atoms with Gasteiger partial charge in [-0.1, -0.05) is 86.5 Å². The summed E-state index contributed by atoms with van der Waals surface area (Å²) in [6, 6.07) is 15.9. The molecule has 6 heteroatoms. The van der Waals surface area contributed by atoms with Crippen molar-refractivity contribution in [3.8, 4) is 0 Å². The van der Waals surface area contributed by atoms with E-state index in [2.05, 4.69) is 55.1 Å². The van der Waals surface area contributed by atoms with Gasteiger partial charge in [0.25, 0.3) is 0 Å². The highest BCUT2D eigenvalue weighted by molar-refractivity contribution is 6.11. The topological polar surface area (TPSA) is 94.1 Å². The SMILES string of the molecule is C=C(CC(C(=N)c1ccccc1)=C(C)C)NCCCCCCCc1ccc(C=O)c(CNC(CCC=O)C(=C)NC)c1. The first-order valence-corrected chi connectivity index (χ1v) is 15.1. The second-order valence-electron chi connectivity index (χ2n) is 11.0. The largest absolute Gasteiger partial charge is 0.391 e. The molecule has 2 rings (SSSR count). The Morgan fingerprint density at radius 1 is 0.976 bits per heavy atom. The predicted molar refractivity (Wildman–Crippen MR) is 176 cm³/mol. The van der Waals surface area contributed by atoms with Crippen LogP contribution in [0.3, 0.4) is 0 Å². The smallest absolute Gasteiger partial charge is 0.150 e. The lowest BCUT2D eigenvalue weighted by atomic mass is 9.95. The van der Waals surface area contributed by atoms with Crippen molar-refractivity contribution in [2.24, 2.45) is 0 Å². The van der Waals surface area contributed by atoms with Gasteiger partial charge in [0.2, 0.25) is 0 Å². The summed E-state index contributed by atoms with van der Waals surface area (Å²) in [5.41, 5.74) is 8.38. The molecule has 0 bridgehead atoms. The lowest BCUT2D eigenvalue weighted by Crippen LogP contribution is -2.35. The van der Waals surface area contributed by atoms with Crippen molar-refractivity contribution in [1.82, 2.24) is 16.0 Å². The molecule has 0 aliphatic carbocycles. The molecule has 0 amide bonds. The minimum Gasteiger partial charge on any atom is -0.391 e. The van der Waals surface area contributed by atoms with Crippen LogP contribution in [0.4, 0.5) is 0 Å². The molecule has 2 aromatic rings. The fourth-order valence-electron chi connectivity index (χ4n) is 4.94. The van der Waals surface area contributed by atoms with Crippen LogP contribution >= 0.6 is 0 Å². The minimum absolute atomic E-state index is 0.0351. The first-order chi connectivity index (χ1) is 20.3. The van der Waals surface area contributed by atoms with E-state index >= 15 is 0 Å². The van der Waals surface area contributed by atoms with Gasteiger partial charge < -0.3 is 20.7 Å². The van der Waals surface area contributed by atoms with Gasteiger partial charge in [-0.05, 0) is 61.8 Å². The van der Waals surface area contributed by atoms with Crippen molar-refractivity contribution >= 4 is 18.3 Å². The van der Waals surface area contributed by atoms with E-state index in [0.29, 0.717) is 37.1 Å². The maximum absolute atomic E-state index is 11.6. The number of nitrogens with one attached hydrogen (secondary N) is 4. The second-order valence-corrected chi connectivity index (χ2v) is 11.0. The zero-order valence-electron chi connectivity index (χ0n) is 25.9. The van der Waals surface area contributed by atoms with Gasteiger partial charge in [-0.15, -0.1) is 0 Å². The molecule has 42 heavy (non-hydrogen) atoms. The van der Waals surface area contributed by atoms with Gasteiger partial charge in [0.1, 0.15) is 12.6 Å². The number of rotatable bonds is 22. The summed E-state index contributed by atoms with van der Waals surface area (Å²) in [5.74, 6) is 0. The number of unbranched alkanes of at least 4 members (excludes halogenated alkanes) is 4. The van der Waals surface area contributed by atoms with Crippen LogP contribution in [0.15, 0.2) is 84.2 Å². The van der Waals surface area contributed by atoms with Crippen LogP contribution in [-0.4, -0.2) is 37.9 Å². The van der Waals surface area contributed by atoms with Gasteiger partial charge in [-0.25, -0.2) is 0 Å². The Kier molecular flexibility index (Phi) is 15.9. The Bertz CT molecular complexity index is 1210. The average Bonchev–Trinajstić information content (AvgIpc) is 3.00. The van der Waals surface area contributed by atoms with E-state index in [0.717, 1.165) is 84.9 Å². The summed E-state index contributed by atoms with van der Waals surface area (Å²) in [4.78, 5) is 22.5. The van der Waals surface area contributed by atoms with E-state index in [-0.39, 0.29) is 6.04 Å². The molecule has 2 aromatic carbocycles. The summed E-state index contributed by atoms with van der Waals surface area (Å²) in [5, 5.41) is 18.6. The number of carbonyl (C=O) groups excluding carboxylic acids is 2. The van der Waals surface area contributed by atoms with Crippen LogP contribution in [0, 0.1) is 5.41 Å². The Morgan fingerprint density at radius 2 is 1.69 bits per heavy atom. The predicted octanol–water partition coefficient (Wildman–Crippen LogP) is 7.06. The van der Waals surface area contributed by atoms with Crippen LogP contribution < -0.4 is 16.0 Å². The Labute approximate surface area is 253 Å². The van der Waals surface area contributed by atoms with Crippen LogP contribution in [0.1, 0.15) is 92.3 Å². The fourth-order valence-corrected chi connectivity index (χ4v) is 4.94. The Morgan fingerprint density at radius 3 is 2.36 bits per heavy atom. The van der Waals surface area contributed by atoms with Crippen LogP contribution in [0.2, 0.25) is 0 Å². The number of benzene rings is 2. The van der Waals surface area contributed by atoms with E-state index in [9.17, 15) is 9.59 Å². The number of likely N-dealkylation sites (N-methyl/N-ethyl adjacent to an activating group) is 1. The molecule has 4 N–H and O–H groups in total. The minimum atomic E-state index is -0.0351. The highest BCUT2D eigenvalue weighted by Gasteiger charge is 2.13. The lowest BCUT2D eigenvalue weighted by Gasteiger charge is -2.21. The molecule has 0 aliphatic rings. The fraction of sp³-hybridized carbons (Fsp3) is 0.417. The summed E-state index contributed by atoms with van der Waals surface area (Å²) >= 11 is 0.